The van der Waals surface area contributed by atoms with Gasteiger partial charge in [-0.3, -0.25) is 34.7 Å². The number of H-pyrrole nitrogens is 1. The minimum atomic E-state index is -2.36. The number of aliphatic hydroxyl groups excluding tert-OH is 2. The molecule has 8 unspecified atom stereocenters. The summed E-state index contributed by atoms with van der Waals surface area (Å²) in [7, 11) is 1.85. The van der Waals surface area contributed by atoms with Crippen molar-refractivity contribution in [2.24, 2.45) is 17.1 Å². The number of aliphatic hydroxyl groups is 4. The number of rotatable bonds is 19. The number of benzene rings is 2. The molecule has 3 fully saturated rings. The smallest absolute Gasteiger partial charge is 0.322 e. The molecule has 12 atom stereocenters. The van der Waals surface area contributed by atoms with Crippen LogP contribution in [0.1, 0.15) is 93.7 Å². The van der Waals surface area contributed by atoms with Crippen molar-refractivity contribution in [3.8, 4) is 0 Å². The molecule has 1 aromatic heterocycles. The van der Waals surface area contributed by atoms with Gasteiger partial charge in [0.05, 0.1) is 30.3 Å². The number of hydrogen-bond acceptors (Lipinski definition) is 16. The van der Waals surface area contributed by atoms with Crippen LogP contribution in [0.2, 0.25) is 0 Å². The predicted octanol–water partition coefficient (Wildman–Crippen LogP) is 1.61. The molecule has 2 aromatic carbocycles. The Bertz CT molecular complexity index is 2520. The van der Waals surface area contributed by atoms with E-state index in [1.54, 1.807) is 6.92 Å². The summed E-state index contributed by atoms with van der Waals surface area (Å²) >= 11 is 0. The number of amides is 1. The second kappa shape index (κ2) is 19.8. The van der Waals surface area contributed by atoms with Crippen molar-refractivity contribution in [1.82, 2.24) is 25.4 Å². The minimum Gasteiger partial charge on any atom is -0.467 e. The summed E-state index contributed by atoms with van der Waals surface area (Å²) < 4.78 is 16.2. The highest BCUT2D eigenvalue weighted by molar-refractivity contribution is 5.91. The van der Waals surface area contributed by atoms with Crippen LogP contribution in [0.15, 0.2) is 48.6 Å². The van der Waals surface area contributed by atoms with Crippen LogP contribution in [-0.2, 0) is 57.2 Å². The number of ether oxygens (including phenoxy) is 3. The van der Waals surface area contributed by atoms with Gasteiger partial charge < -0.3 is 55.2 Å². The first-order chi connectivity index (χ1) is 34.1. The van der Waals surface area contributed by atoms with Crippen LogP contribution in [-0.4, -0.2) is 168 Å². The van der Waals surface area contributed by atoms with E-state index in [0.717, 1.165) is 52.1 Å². The molecular weight excluding hydrogens is 911 g/mol. The fraction of sp³-hybridized carbons (Fsp3) is 0.623. The van der Waals surface area contributed by atoms with Crippen molar-refractivity contribution < 1.29 is 53.8 Å². The Kier molecular flexibility index (Phi) is 14.2. The molecule has 386 valence electrons. The Balaban J connectivity index is 1.12. The number of likely N-dealkylation sites (N-methyl/N-ethyl adjacent to an activating group) is 1. The summed E-state index contributed by atoms with van der Waals surface area (Å²) in [5.74, 6) is -1.29. The molecule has 1 saturated carbocycles. The van der Waals surface area contributed by atoms with Crippen LogP contribution in [0.3, 0.4) is 0 Å². The van der Waals surface area contributed by atoms with Crippen molar-refractivity contribution in [2.45, 2.75) is 131 Å². The molecule has 9 rings (SSSR count). The summed E-state index contributed by atoms with van der Waals surface area (Å²) in [5, 5.41) is 57.0. The van der Waals surface area contributed by atoms with Gasteiger partial charge in [0, 0.05) is 91.9 Å². The van der Waals surface area contributed by atoms with E-state index >= 15 is 4.79 Å². The Morgan fingerprint density at radius 2 is 1.85 bits per heavy atom. The van der Waals surface area contributed by atoms with Gasteiger partial charge in [0.2, 0.25) is 0 Å². The first-order valence-electron chi connectivity index (χ1n) is 25.6. The van der Waals surface area contributed by atoms with Gasteiger partial charge in [-0.1, -0.05) is 50.3 Å². The van der Waals surface area contributed by atoms with Gasteiger partial charge in [0.15, 0.2) is 11.8 Å². The average molecular weight is 984 g/mol. The number of nitrogens with two attached hydrogens (primary N) is 1. The topological polar surface area (TPSA) is 252 Å². The highest BCUT2D eigenvalue weighted by atomic mass is 16.5. The molecule has 1 amide bonds. The van der Waals surface area contributed by atoms with Crippen LogP contribution in [0.25, 0.3) is 10.9 Å². The number of hydrogen-bond donors (Lipinski definition) is 8. The monoisotopic (exact) mass is 984 g/mol. The Hall–Kier alpha value is -4.92. The van der Waals surface area contributed by atoms with E-state index in [2.05, 4.69) is 48.4 Å². The fourth-order valence-electron chi connectivity index (χ4n) is 14.6. The van der Waals surface area contributed by atoms with E-state index in [1.165, 1.54) is 0 Å². The number of aromatic amines is 1. The third kappa shape index (κ3) is 8.26. The van der Waals surface area contributed by atoms with Crippen LogP contribution < -0.4 is 21.3 Å². The van der Waals surface area contributed by atoms with Gasteiger partial charge >= 0.3 is 5.97 Å². The van der Waals surface area contributed by atoms with Crippen LogP contribution in [0.5, 0.6) is 0 Å². The van der Waals surface area contributed by atoms with E-state index in [9.17, 15) is 34.8 Å². The molecular formula is C53H73N7O11. The standard InChI is InChI=1S/C53H73N7O11/c1-5-49(67)25-34-26-51(30-69-31-62,43-37(14-20-59(27-34)29-49)36-11-7-8-12-40(36)57-43)38-24-39-41(23-35(38)28-61)58(4)46-52(39)16-21-60-19-9-15-50(6-2,45(52)60)47(65)53(46,68)48(66)56-17-10-22-70-44(64)33(3)55-18-13-42(54)71-32-63/h7-9,11-12,15,23-24,31-34,42,45-47,55,57,61,65,67-68H,5-6,10,13-14,16-22,25-30,54H2,1-4H3,(H,56,66)/t33?,34?,42?,45?,46?,47-,49?,50-,51+,52?,53+/m1/s1. The number of nitrogens with zero attached hydrogens (tertiary/aromatic N) is 3. The molecule has 71 heavy (non-hydrogen) atoms. The molecule has 5 aliphatic heterocycles. The lowest BCUT2D eigenvalue weighted by molar-refractivity contribution is -0.203. The number of nitrogens with one attached hydrogen (secondary N) is 3. The third-order valence-corrected chi connectivity index (χ3v) is 17.6. The molecule has 3 aromatic rings. The number of esters is 1. The van der Waals surface area contributed by atoms with Crippen molar-refractivity contribution in [3.63, 3.8) is 0 Å². The van der Waals surface area contributed by atoms with E-state index in [4.69, 9.17) is 15.2 Å². The van der Waals surface area contributed by atoms with E-state index in [1.807, 2.05) is 56.1 Å². The molecule has 2 saturated heterocycles. The number of fused-ring (bicyclic) bond motifs is 6. The molecule has 6 heterocycles. The Morgan fingerprint density at radius 1 is 1.04 bits per heavy atom. The SMILES string of the molecule is CCC1(O)CC2CN(CCc3c([nH]c4ccccc34)[C@@](COC=O)(c3cc4c(cc3CO)N(C)C3C45CCN4CC=C[C@](CC)(C45)[C@@H](O)[C@]3(O)C(=O)NCCCOC(=O)C(C)NCCC(N)OC=O)C2)C1. The van der Waals surface area contributed by atoms with Crippen molar-refractivity contribution in [3.05, 3.63) is 76.5 Å². The van der Waals surface area contributed by atoms with Gasteiger partial charge in [-0.25, -0.2) is 0 Å². The van der Waals surface area contributed by atoms with Crippen LogP contribution >= 0.6 is 0 Å². The number of anilines is 1. The zero-order valence-corrected chi connectivity index (χ0v) is 41.5. The van der Waals surface area contributed by atoms with Gasteiger partial charge in [0.25, 0.3) is 18.9 Å². The molecule has 9 N–H and O–H groups in total. The quantitative estimate of drug-likeness (QED) is 0.0212. The number of piperidine rings is 1. The largest absolute Gasteiger partial charge is 0.467 e. The maximum absolute atomic E-state index is 15.0. The normalized spacial score (nSPS) is 33.6. The van der Waals surface area contributed by atoms with Gasteiger partial charge in [0.1, 0.15) is 18.8 Å². The number of carbonyl (C=O) groups is 4. The van der Waals surface area contributed by atoms with E-state index < -0.39 is 63.7 Å². The van der Waals surface area contributed by atoms with Crippen molar-refractivity contribution in [2.75, 3.05) is 71.0 Å². The zero-order chi connectivity index (χ0) is 50.5. The maximum Gasteiger partial charge on any atom is 0.322 e. The summed E-state index contributed by atoms with van der Waals surface area (Å²) in [5.41, 5.74) is 5.30. The summed E-state index contributed by atoms with van der Waals surface area (Å²) in [4.78, 5) is 61.4. The van der Waals surface area contributed by atoms with E-state index in [-0.39, 0.29) is 51.2 Å². The lowest BCUT2D eigenvalue weighted by Crippen LogP contribution is -2.81. The number of carbonyl (C=O) groups excluding carboxylic acids is 4. The van der Waals surface area contributed by atoms with Gasteiger partial charge in [-0.05, 0) is 98.7 Å². The first kappa shape index (κ1) is 51.0. The zero-order valence-electron chi connectivity index (χ0n) is 41.5. The highest BCUT2D eigenvalue weighted by Crippen LogP contribution is 2.67. The molecule has 18 heteroatoms. The van der Waals surface area contributed by atoms with E-state index in [0.29, 0.717) is 83.2 Å². The summed E-state index contributed by atoms with van der Waals surface area (Å²) in [6.07, 6.45) is 5.49. The predicted molar refractivity (Wildman–Crippen MR) is 264 cm³/mol. The Morgan fingerprint density at radius 3 is 2.59 bits per heavy atom. The average Bonchev–Trinajstić information content (AvgIpc) is 4.03. The van der Waals surface area contributed by atoms with Crippen LogP contribution in [0, 0.1) is 11.3 Å². The van der Waals surface area contributed by atoms with Gasteiger partial charge in [-0.2, -0.15) is 0 Å². The van der Waals surface area contributed by atoms with Crippen molar-refractivity contribution in [1.29, 1.82) is 0 Å². The van der Waals surface area contributed by atoms with Gasteiger partial charge in [-0.15, -0.1) is 0 Å². The maximum atomic E-state index is 15.0. The Labute approximate surface area is 415 Å². The first-order valence-corrected chi connectivity index (χ1v) is 25.6. The number of para-hydroxylation sites is 1. The second-order valence-corrected chi connectivity index (χ2v) is 21.3. The number of aromatic nitrogens is 1. The lowest BCUT2D eigenvalue weighted by Gasteiger charge is -2.63. The second-order valence-electron chi connectivity index (χ2n) is 21.3. The highest BCUT2D eigenvalue weighted by Gasteiger charge is 2.78. The summed E-state index contributed by atoms with van der Waals surface area (Å²) in [6.45, 7) is 9.61. The molecule has 0 radical (unpaired) electrons. The molecule has 6 aliphatic rings. The molecule has 2 bridgehead atoms. The fourth-order valence-corrected chi connectivity index (χ4v) is 14.6. The molecule has 18 nitrogen and oxygen atoms in total. The van der Waals surface area contributed by atoms with Crippen molar-refractivity contribution >= 4 is 41.4 Å². The molecule has 1 spiro atoms. The third-order valence-electron chi connectivity index (χ3n) is 17.6. The lowest BCUT2D eigenvalue weighted by atomic mass is 9.47. The molecule has 1 aliphatic carbocycles. The minimum absolute atomic E-state index is 0.0196. The summed E-state index contributed by atoms with van der Waals surface area (Å²) in [6, 6.07) is 10.4. The van der Waals surface area contributed by atoms with Crippen LogP contribution in [0.4, 0.5) is 5.69 Å².